The van der Waals surface area contributed by atoms with Gasteiger partial charge in [-0.25, -0.2) is 0 Å². The highest BCUT2D eigenvalue weighted by Gasteiger charge is 2.07. The van der Waals surface area contributed by atoms with Crippen molar-refractivity contribution in [3.8, 4) is 11.5 Å². The summed E-state index contributed by atoms with van der Waals surface area (Å²) in [6, 6.07) is 12.7. The Kier molecular flexibility index (Phi) is 5.69. The minimum atomic E-state index is -0.0773. The molecule has 0 heterocycles. The zero-order chi connectivity index (χ0) is 16.7. The van der Waals surface area contributed by atoms with Gasteiger partial charge in [0.2, 0.25) is 0 Å². The van der Waals surface area contributed by atoms with Crippen molar-refractivity contribution >= 4 is 18.3 Å². The molecule has 0 atom stereocenters. The average molecular weight is 310 g/mol. The van der Waals surface area contributed by atoms with Crippen LogP contribution in [0.4, 0.5) is 0 Å². The summed E-state index contributed by atoms with van der Waals surface area (Å²) in [5.74, 6) is 1.11. The maximum Gasteiger partial charge on any atom is 0.298 e. The highest BCUT2D eigenvalue weighted by Crippen LogP contribution is 2.21. The van der Waals surface area contributed by atoms with E-state index < -0.39 is 0 Å². The molecule has 0 aliphatic carbocycles. The molecule has 0 fully saturated rings. The van der Waals surface area contributed by atoms with Crippen LogP contribution in [0, 0.1) is 6.92 Å². The van der Waals surface area contributed by atoms with E-state index in [1.807, 2.05) is 25.1 Å². The van der Waals surface area contributed by atoms with Crippen molar-refractivity contribution in [2.45, 2.75) is 13.3 Å². The second-order valence-electron chi connectivity index (χ2n) is 5.03. The van der Waals surface area contributed by atoms with Crippen LogP contribution >= 0.6 is 0 Å². The molecule has 2 aromatic rings. The Morgan fingerprint density at radius 2 is 1.91 bits per heavy atom. The van der Waals surface area contributed by atoms with Gasteiger partial charge in [-0.3, -0.25) is 9.59 Å². The van der Waals surface area contributed by atoms with E-state index in [1.165, 1.54) is 6.08 Å². The quantitative estimate of drug-likeness (QED) is 0.581. The molecule has 0 amide bonds. The monoisotopic (exact) mass is 310 g/mol. The van der Waals surface area contributed by atoms with Crippen LogP contribution < -0.4 is 9.47 Å². The van der Waals surface area contributed by atoms with Crippen LogP contribution in [-0.2, 0) is 16.0 Å². The van der Waals surface area contributed by atoms with E-state index in [-0.39, 0.29) is 12.2 Å². The Labute approximate surface area is 135 Å². The molecule has 0 aliphatic rings. The summed E-state index contributed by atoms with van der Waals surface area (Å²) in [6.07, 6.45) is 3.43. The standard InChI is InChI=1S/C19H18O4/c1-14-7-8-15(11-19(14)22-2)9-10-17(21)12-16-5-3-4-6-18(16)23-13-20/h3-11,13H,12H2,1-2H3/b10-9+. The van der Waals surface area contributed by atoms with E-state index in [0.717, 1.165) is 16.9 Å². The number of hydrogen-bond acceptors (Lipinski definition) is 4. The Morgan fingerprint density at radius 1 is 1.13 bits per heavy atom. The minimum Gasteiger partial charge on any atom is -0.496 e. The Balaban J connectivity index is 2.09. The highest BCUT2D eigenvalue weighted by atomic mass is 16.5. The molecule has 0 aliphatic heterocycles. The summed E-state index contributed by atoms with van der Waals surface area (Å²) in [5, 5.41) is 0. The molecule has 0 spiro atoms. The molecule has 0 saturated carbocycles. The summed E-state index contributed by atoms with van der Waals surface area (Å²) in [4.78, 5) is 22.6. The lowest BCUT2D eigenvalue weighted by atomic mass is 10.1. The first kappa shape index (κ1) is 16.5. The molecule has 0 saturated heterocycles. The van der Waals surface area contributed by atoms with Gasteiger partial charge in [0.1, 0.15) is 11.5 Å². The number of aryl methyl sites for hydroxylation is 1. The lowest BCUT2D eigenvalue weighted by Gasteiger charge is -2.05. The van der Waals surface area contributed by atoms with Gasteiger partial charge in [-0.1, -0.05) is 36.4 Å². The molecule has 2 aromatic carbocycles. The fourth-order valence-corrected chi connectivity index (χ4v) is 2.19. The second-order valence-corrected chi connectivity index (χ2v) is 5.03. The van der Waals surface area contributed by atoms with Gasteiger partial charge in [0.15, 0.2) is 5.78 Å². The van der Waals surface area contributed by atoms with E-state index in [9.17, 15) is 9.59 Å². The highest BCUT2D eigenvalue weighted by molar-refractivity contribution is 5.95. The lowest BCUT2D eigenvalue weighted by molar-refractivity contribution is -0.121. The summed E-state index contributed by atoms with van der Waals surface area (Å²) >= 11 is 0. The van der Waals surface area contributed by atoms with Gasteiger partial charge >= 0.3 is 0 Å². The maximum absolute atomic E-state index is 12.1. The number of hydrogen-bond donors (Lipinski definition) is 0. The number of methoxy groups -OCH3 is 1. The van der Waals surface area contributed by atoms with Crippen molar-refractivity contribution in [1.29, 1.82) is 0 Å². The first-order chi connectivity index (χ1) is 11.1. The zero-order valence-electron chi connectivity index (χ0n) is 13.1. The molecule has 23 heavy (non-hydrogen) atoms. The number of ketones is 1. The van der Waals surface area contributed by atoms with E-state index in [0.29, 0.717) is 17.8 Å². The maximum atomic E-state index is 12.1. The van der Waals surface area contributed by atoms with Gasteiger partial charge in [0.25, 0.3) is 6.47 Å². The van der Waals surface area contributed by atoms with Gasteiger partial charge in [0.05, 0.1) is 7.11 Å². The van der Waals surface area contributed by atoms with Crippen molar-refractivity contribution < 1.29 is 19.1 Å². The van der Waals surface area contributed by atoms with Crippen LogP contribution in [0.2, 0.25) is 0 Å². The van der Waals surface area contributed by atoms with Crippen molar-refractivity contribution in [2.75, 3.05) is 7.11 Å². The number of allylic oxidation sites excluding steroid dienone is 1. The minimum absolute atomic E-state index is 0.0773. The number of benzene rings is 2. The van der Waals surface area contributed by atoms with Crippen LogP contribution in [-0.4, -0.2) is 19.4 Å². The third kappa shape index (κ3) is 4.54. The van der Waals surface area contributed by atoms with E-state index in [2.05, 4.69) is 0 Å². The molecular weight excluding hydrogens is 292 g/mol. The topological polar surface area (TPSA) is 52.6 Å². The fourth-order valence-electron chi connectivity index (χ4n) is 2.19. The van der Waals surface area contributed by atoms with E-state index in [4.69, 9.17) is 9.47 Å². The Bertz CT molecular complexity index is 732. The molecule has 118 valence electrons. The first-order valence-electron chi connectivity index (χ1n) is 7.18. The van der Waals surface area contributed by atoms with Crippen molar-refractivity contribution in [3.63, 3.8) is 0 Å². The predicted molar refractivity (Wildman–Crippen MR) is 88.6 cm³/mol. The number of ether oxygens (including phenoxy) is 2. The van der Waals surface area contributed by atoms with Crippen LogP contribution in [0.5, 0.6) is 11.5 Å². The van der Waals surface area contributed by atoms with Crippen molar-refractivity contribution in [3.05, 3.63) is 65.2 Å². The number of para-hydroxylation sites is 1. The van der Waals surface area contributed by atoms with Crippen LogP contribution in [0.15, 0.2) is 48.5 Å². The van der Waals surface area contributed by atoms with Crippen molar-refractivity contribution in [2.24, 2.45) is 0 Å². The largest absolute Gasteiger partial charge is 0.496 e. The summed E-state index contributed by atoms with van der Waals surface area (Å²) < 4.78 is 10.1. The summed E-state index contributed by atoms with van der Waals surface area (Å²) in [6.45, 7) is 2.32. The third-order valence-electron chi connectivity index (χ3n) is 3.41. The Hall–Kier alpha value is -2.88. The SMILES string of the molecule is COc1cc(/C=C/C(=O)Cc2ccccc2OC=O)ccc1C. The van der Waals surface area contributed by atoms with Crippen LogP contribution in [0.3, 0.4) is 0 Å². The van der Waals surface area contributed by atoms with Crippen molar-refractivity contribution in [1.82, 2.24) is 0 Å². The number of carbonyl (C=O) groups excluding carboxylic acids is 2. The molecule has 4 heteroatoms. The number of rotatable bonds is 7. The normalized spacial score (nSPS) is 10.5. The molecule has 2 rings (SSSR count). The lowest BCUT2D eigenvalue weighted by Crippen LogP contribution is -2.01. The molecule has 0 N–H and O–H groups in total. The zero-order valence-corrected chi connectivity index (χ0v) is 13.1. The predicted octanol–water partition coefficient (Wildman–Crippen LogP) is 3.36. The molecule has 0 unspecified atom stereocenters. The molecular formula is C19H18O4. The van der Waals surface area contributed by atoms with E-state index in [1.54, 1.807) is 37.5 Å². The average Bonchev–Trinajstić information content (AvgIpc) is 2.56. The van der Waals surface area contributed by atoms with Gasteiger partial charge in [-0.2, -0.15) is 0 Å². The third-order valence-corrected chi connectivity index (χ3v) is 3.41. The fraction of sp³-hybridized carbons (Fsp3) is 0.158. The van der Waals surface area contributed by atoms with Gasteiger partial charge in [0, 0.05) is 12.0 Å². The first-order valence-corrected chi connectivity index (χ1v) is 7.18. The summed E-state index contributed by atoms with van der Waals surface area (Å²) in [7, 11) is 1.62. The van der Waals surface area contributed by atoms with Gasteiger partial charge in [-0.05, 0) is 36.3 Å². The molecule has 0 radical (unpaired) electrons. The second kappa shape index (κ2) is 7.94. The number of carbonyl (C=O) groups is 2. The van der Waals surface area contributed by atoms with Crippen LogP contribution in [0.1, 0.15) is 16.7 Å². The Morgan fingerprint density at radius 3 is 2.65 bits per heavy atom. The summed E-state index contributed by atoms with van der Waals surface area (Å²) in [5.41, 5.74) is 2.60. The van der Waals surface area contributed by atoms with E-state index >= 15 is 0 Å². The molecule has 0 bridgehead atoms. The van der Waals surface area contributed by atoms with Crippen LogP contribution in [0.25, 0.3) is 6.08 Å². The van der Waals surface area contributed by atoms with Gasteiger partial charge < -0.3 is 9.47 Å². The smallest absolute Gasteiger partial charge is 0.298 e. The molecule has 0 aromatic heterocycles. The van der Waals surface area contributed by atoms with Gasteiger partial charge in [-0.15, -0.1) is 0 Å². The molecule has 4 nitrogen and oxygen atoms in total.